The summed E-state index contributed by atoms with van der Waals surface area (Å²) in [6.45, 7) is 5.70. The predicted molar refractivity (Wildman–Crippen MR) is 70.2 cm³/mol. The van der Waals surface area contributed by atoms with E-state index in [2.05, 4.69) is 5.32 Å². The van der Waals surface area contributed by atoms with Crippen molar-refractivity contribution in [2.45, 2.75) is 26.8 Å². The van der Waals surface area contributed by atoms with Gasteiger partial charge < -0.3 is 9.73 Å². The summed E-state index contributed by atoms with van der Waals surface area (Å²) < 4.78 is 19.8. The van der Waals surface area contributed by atoms with Crippen LogP contribution in [0.5, 0.6) is 0 Å². The van der Waals surface area contributed by atoms with Gasteiger partial charge in [-0.3, -0.25) is 0 Å². The molecule has 2 rings (SSSR count). The maximum atomic E-state index is 14.2. The van der Waals surface area contributed by atoms with Gasteiger partial charge in [-0.2, -0.15) is 0 Å². The molecule has 1 aromatic heterocycles. The Kier molecular flexibility index (Phi) is 3.53. The van der Waals surface area contributed by atoms with E-state index in [1.165, 1.54) is 0 Å². The average molecular weight is 247 g/mol. The van der Waals surface area contributed by atoms with Crippen molar-refractivity contribution in [1.82, 2.24) is 5.32 Å². The Hall–Kier alpha value is -1.61. The Bertz CT molecular complexity index is 536. The van der Waals surface area contributed by atoms with Gasteiger partial charge in [0.1, 0.15) is 17.3 Å². The zero-order valence-corrected chi connectivity index (χ0v) is 11.2. The number of furan rings is 1. The molecule has 1 aromatic carbocycles. The van der Waals surface area contributed by atoms with Crippen LogP contribution < -0.4 is 5.32 Å². The van der Waals surface area contributed by atoms with Gasteiger partial charge in [-0.1, -0.05) is 6.07 Å². The molecule has 1 atom stereocenters. The predicted octanol–water partition coefficient (Wildman–Crippen LogP) is 3.65. The fourth-order valence-electron chi connectivity index (χ4n) is 2.33. The molecule has 2 aromatic rings. The van der Waals surface area contributed by atoms with Crippen LogP contribution in [0.4, 0.5) is 4.39 Å². The first-order valence-corrected chi connectivity index (χ1v) is 6.03. The molecule has 18 heavy (non-hydrogen) atoms. The normalized spacial score (nSPS) is 12.7. The molecule has 0 saturated carbocycles. The van der Waals surface area contributed by atoms with E-state index in [0.29, 0.717) is 5.56 Å². The van der Waals surface area contributed by atoms with Gasteiger partial charge in [0.2, 0.25) is 0 Å². The van der Waals surface area contributed by atoms with Crippen LogP contribution in [-0.2, 0) is 0 Å². The molecule has 3 heteroatoms. The first-order chi connectivity index (χ1) is 8.52. The summed E-state index contributed by atoms with van der Waals surface area (Å²) >= 11 is 0. The molecule has 0 amide bonds. The second-order valence-corrected chi connectivity index (χ2v) is 4.65. The van der Waals surface area contributed by atoms with Crippen LogP contribution in [-0.4, -0.2) is 7.05 Å². The van der Waals surface area contributed by atoms with Crippen molar-refractivity contribution in [2.24, 2.45) is 0 Å². The molecule has 1 heterocycles. The molecule has 0 fully saturated rings. The van der Waals surface area contributed by atoms with Crippen LogP contribution in [0.1, 0.15) is 34.3 Å². The third-order valence-corrected chi connectivity index (χ3v) is 3.10. The van der Waals surface area contributed by atoms with Gasteiger partial charge in [-0.25, -0.2) is 4.39 Å². The molecule has 96 valence electrons. The molecular formula is C15H18FNO. The van der Waals surface area contributed by atoms with E-state index in [4.69, 9.17) is 4.42 Å². The standard InChI is InChI=1S/C15H18FNO/c1-9-7-10(2)14(12(16)8-9)15(17-4)13-6-5-11(3)18-13/h5-8,15,17H,1-4H3. The first kappa shape index (κ1) is 12.8. The SMILES string of the molecule is CNC(c1ccc(C)o1)c1c(C)cc(C)cc1F. The van der Waals surface area contributed by atoms with Crippen molar-refractivity contribution in [2.75, 3.05) is 7.05 Å². The van der Waals surface area contributed by atoms with Crippen LogP contribution in [0.2, 0.25) is 0 Å². The number of hydrogen-bond donors (Lipinski definition) is 1. The minimum absolute atomic E-state index is 0.194. The summed E-state index contributed by atoms with van der Waals surface area (Å²) in [6.07, 6.45) is 0. The lowest BCUT2D eigenvalue weighted by Gasteiger charge is -2.18. The van der Waals surface area contributed by atoms with E-state index in [0.717, 1.165) is 22.6 Å². The summed E-state index contributed by atoms with van der Waals surface area (Å²) in [5.74, 6) is 1.37. The van der Waals surface area contributed by atoms with Gasteiger partial charge in [-0.15, -0.1) is 0 Å². The van der Waals surface area contributed by atoms with E-state index >= 15 is 0 Å². The largest absolute Gasteiger partial charge is 0.464 e. The van der Waals surface area contributed by atoms with E-state index in [9.17, 15) is 4.39 Å². The van der Waals surface area contributed by atoms with Gasteiger partial charge in [0.25, 0.3) is 0 Å². The summed E-state index contributed by atoms with van der Waals surface area (Å²) in [5.41, 5.74) is 2.51. The lowest BCUT2D eigenvalue weighted by Crippen LogP contribution is -2.19. The van der Waals surface area contributed by atoms with E-state index < -0.39 is 0 Å². The lowest BCUT2D eigenvalue weighted by molar-refractivity contribution is 0.435. The molecule has 0 spiro atoms. The molecule has 0 aliphatic carbocycles. The Morgan fingerprint density at radius 2 is 1.89 bits per heavy atom. The number of nitrogens with one attached hydrogen (secondary N) is 1. The molecule has 0 aliphatic heterocycles. The molecule has 2 nitrogen and oxygen atoms in total. The highest BCUT2D eigenvalue weighted by atomic mass is 19.1. The maximum Gasteiger partial charge on any atom is 0.128 e. The van der Waals surface area contributed by atoms with Crippen molar-refractivity contribution >= 4 is 0 Å². The summed E-state index contributed by atoms with van der Waals surface area (Å²) in [5, 5.41) is 3.12. The van der Waals surface area contributed by atoms with Gasteiger partial charge in [0.05, 0.1) is 6.04 Å². The molecule has 0 bridgehead atoms. The van der Waals surface area contributed by atoms with E-state index in [-0.39, 0.29) is 11.9 Å². The minimum atomic E-state index is -0.251. The van der Waals surface area contributed by atoms with Crippen molar-refractivity contribution in [3.05, 3.63) is 58.3 Å². The first-order valence-electron chi connectivity index (χ1n) is 6.03. The molecular weight excluding hydrogens is 229 g/mol. The van der Waals surface area contributed by atoms with Gasteiger partial charge in [0, 0.05) is 5.56 Å². The quantitative estimate of drug-likeness (QED) is 0.895. The van der Waals surface area contributed by atoms with Crippen LogP contribution in [0, 0.1) is 26.6 Å². The van der Waals surface area contributed by atoms with E-state index in [1.54, 1.807) is 13.1 Å². The van der Waals surface area contributed by atoms with Crippen LogP contribution in [0.15, 0.2) is 28.7 Å². The van der Waals surface area contributed by atoms with Crippen LogP contribution >= 0.6 is 0 Å². The fraction of sp³-hybridized carbons (Fsp3) is 0.333. The highest BCUT2D eigenvalue weighted by molar-refractivity contribution is 5.38. The highest BCUT2D eigenvalue weighted by Crippen LogP contribution is 2.29. The zero-order chi connectivity index (χ0) is 13.3. The van der Waals surface area contributed by atoms with Crippen molar-refractivity contribution in [3.63, 3.8) is 0 Å². The Morgan fingerprint density at radius 3 is 2.39 bits per heavy atom. The second-order valence-electron chi connectivity index (χ2n) is 4.65. The average Bonchev–Trinajstić information content (AvgIpc) is 2.69. The molecule has 0 radical (unpaired) electrons. The van der Waals surface area contributed by atoms with Crippen molar-refractivity contribution < 1.29 is 8.81 Å². The molecule has 1 unspecified atom stereocenters. The zero-order valence-electron chi connectivity index (χ0n) is 11.2. The fourth-order valence-corrected chi connectivity index (χ4v) is 2.33. The Morgan fingerprint density at radius 1 is 1.17 bits per heavy atom. The third kappa shape index (κ3) is 2.31. The highest BCUT2D eigenvalue weighted by Gasteiger charge is 2.21. The summed E-state index contributed by atoms with van der Waals surface area (Å²) in [6, 6.07) is 7.07. The summed E-state index contributed by atoms with van der Waals surface area (Å²) in [7, 11) is 1.81. The number of benzene rings is 1. The Labute approximate surface area is 107 Å². The van der Waals surface area contributed by atoms with Crippen LogP contribution in [0.3, 0.4) is 0 Å². The molecule has 0 saturated heterocycles. The minimum Gasteiger partial charge on any atom is -0.464 e. The van der Waals surface area contributed by atoms with Gasteiger partial charge in [0.15, 0.2) is 0 Å². The smallest absolute Gasteiger partial charge is 0.128 e. The van der Waals surface area contributed by atoms with Gasteiger partial charge in [-0.05, 0) is 57.1 Å². The number of aryl methyl sites for hydroxylation is 3. The molecule has 1 N–H and O–H groups in total. The lowest BCUT2D eigenvalue weighted by atomic mass is 9.97. The Balaban J connectivity index is 2.51. The number of rotatable bonds is 3. The third-order valence-electron chi connectivity index (χ3n) is 3.10. The van der Waals surface area contributed by atoms with Crippen molar-refractivity contribution in [1.29, 1.82) is 0 Å². The topological polar surface area (TPSA) is 25.2 Å². The maximum absolute atomic E-state index is 14.2. The summed E-state index contributed by atoms with van der Waals surface area (Å²) in [4.78, 5) is 0. The monoisotopic (exact) mass is 247 g/mol. The van der Waals surface area contributed by atoms with Gasteiger partial charge >= 0.3 is 0 Å². The number of halogens is 1. The second kappa shape index (κ2) is 4.94. The number of hydrogen-bond acceptors (Lipinski definition) is 2. The van der Waals surface area contributed by atoms with Crippen LogP contribution in [0.25, 0.3) is 0 Å². The van der Waals surface area contributed by atoms with E-state index in [1.807, 2.05) is 39.0 Å². The van der Waals surface area contributed by atoms with Crippen molar-refractivity contribution in [3.8, 4) is 0 Å². The molecule has 0 aliphatic rings.